The molecule has 0 aromatic heterocycles. The lowest BCUT2D eigenvalue weighted by molar-refractivity contribution is -0.117. The molecule has 0 atom stereocenters. The van der Waals surface area contributed by atoms with Crippen molar-refractivity contribution in [2.24, 2.45) is 5.41 Å². The summed E-state index contributed by atoms with van der Waals surface area (Å²) in [6, 6.07) is 0. The van der Waals surface area contributed by atoms with Crippen LogP contribution in [0.4, 0.5) is 0 Å². The van der Waals surface area contributed by atoms with Crippen molar-refractivity contribution in [3.05, 3.63) is 11.6 Å². The summed E-state index contributed by atoms with van der Waals surface area (Å²) in [6.07, 6.45) is 3.55. The zero-order valence-corrected chi connectivity index (χ0v) is 7.90. The Hall–Kier alpha value is -0.670. The average molecular weight is 174 g/mol. The van der Waals surface area contributed by atoms with Gasteiger partial charge < -0.3 is 11.0 Å². The van der Waals surface area contributed by atoms with E-state index in [4.69, 9.17) is 0 Å². The molecule has 0 fully saturated rings. The molecule has 0 spiro atoms. The van der Waals surface area contributed by atoms with Crippen LogP contribution in [-0.2, 0) is 4.79 Å². The van der Waals surface area contributed by atoms with E-state index in [1.807, 2.05) is 6.92 Å². The fourth-order valence-corrected chi connectivity index (χ4v) is 1.67. The van der Waals surface area contributed by atoms with Crippen LogP contribution in [0.15, 0.2) is 11.6 Å². The van der Waals surface area contributed by atoms with E-state index in [0.717, 1.165) is 6.42 Å². The van der Waals surface area contributed by atoms with Gasteiger partial charge in [0.15, 0.2) is 5.78 Å². The highest BCUT2D eigenvalue weighted by Gasteiger charge is 2.25. The van der Waals surface area contributed by atoms with Gasteiger partial charge >= 0.3 is 0 Å². The molecule has 0 amide bonds. The maximum atomic E-state index is 11.0. The van der Waals surface area contributed by atoms with Crippen molar-refractivity contribution in [3.8, 4) is 0 Å². The average Bonchev–Trinajstić information content (AvgIpc) is 1.54. The predicted molar refractivity (Wildman–Crippen MR) is 49.0 cm³/mol. The first-order chi connectivity index (χ1) is 4.49. The first-order valence-corrected chi connectivity index (χ1v) is 3.70. The van der Waals surface area contributed by atoms with Crippen molar-refractivity contribution in [1.29, 1.82) is 0 Å². The smallest absolute Gasteiger partial charge is 0.156 e. The number of hydrogen-bond donors (Lipinski definition) is 0. The van der Waals surface area contributed by atoms with Crippen LogP contribution in [0.3, 0.4) is 0 Å². The zero-order chi connectivity index (χ0) is 7.78. The first kappa shape index (κ1) is 13.9. The van der Waals surface area contributed by atoms with Gasteiger partial charge in [0.25, 0.3) is 0 Å². The molecule has 12 heavy (non-hydrogen) atoms. The van der Waals surface area contributed by atoms with Gasteiger partial charge in [0.1, 0.15) is 0 Å². The first-order valence-electron chi connectivity index (χ1n) is 3.70. The molecule has 0 aromatic carbocycles. The van der Waals surface area contributed by atoms with E-state index < -0.39 is 0 Å². The molecule has 0 saturated heterocycles. The van der Waals surface area contributed by atoms with Crippen LogP contribution in [0.25, 0.3) is 0 Å². The van der Waals surface area contributed by atoms with Gasteiger partial charge in [-0.15, -0.1) is 0 Å². The van der Waals surface area contributed by atoms with Crippen LogP contribution in [0.5, 0.6) is 0 Å². The molecule has 3 heteroatoms. The molecule has 1 aliphatic carbocycles. The third kappa shape index (κ3) is 3.64. The summed E-state index contributed by atoms with van der Waals surface area (Å²) in [7, 11) is 0. The fourth-order valence-electron chi connectivity index (χ4n) is 1.67. The van der Waals surface area contributed by atoms with Crippen LogP contribution < -0.4 is 0 Å². The van der Waals surface area contributed by atoms with Gasteiger partial charge in [-0.1, -0.05) is 19.4 Å². The van der Waals surface area contributed by atoms with Crippen molar-refractivity contribution < 1.29 is 15.7 Å². The van der Waals surface area contributed by atoms with Crippen LogP contribution in [0.2, 0.25) is 0 Å². The molecule has 1 rings (SSSR count). The summed E-state index contributed by atoms with van der Waals surface area (Å²) in [4.78, 5) is 11.0. The topological polar surface area (TPSA) is 80.1 Å². The molecule has 0 heterocycles. The SMILES string of the molecule is CC1=CC(=O)CC(C)(C)C1.O.O. The van der Waals surface area contributed by atoms with E-state index in [1.54, 1.807) is 6.08 Å². The number of ketones is 1. The minimum absolute atomic E-state index is 0. The Labute approximate surface area is 73.1 Å². The van der Waals surface area contributed by atoms with Crippen LogP contribution in [-0.4, -0.2) is 16.7 Å². The maximum Gasteiger partial charge on any atom is 0.156 e. The van der Waals surface area contributed by atoms with Gasteiger partial charge in [-0.2, -0.15) is 0 Å². The van der Waals surface area contributed by atoms with Crippen molar-refractivity contribution >= 4 is 5.78 Å². The molecular formula is C9H18O3. The van der Waals surface area contributed by atoms with Gasteiger partial charge in [-0.3, -0.25) is 4.79 Å². The highest BCUT2D eigenvalue weighted by Crippen LogP contribution is 2.32. The minimum Gasteiger partial charge on any atom is -0.412 e. The summed E-state index contributed by atoms with van der Waals surface area (Å²) < 4.78 is 0. The van der Waals surface area contributed by atoms with Gasteiger partial charge in [0, 0.05) is 6.42 Å². The standard InChI is InChI=1S/C9H14O.2H2O/c1-7-4-8(10)6-9(2,3)5-7;;/h4H,5-6H2,1-3H3;2*1H2. The third-order valence-electron chi connectivity index (χ3n) is 1.82. The maximum absolute atomic E-state index is 11.0. The Bertz CT molecular complexity index is 192. The van der Waals surface area contributed by atoms with E-state index in [2.05, 4.69) is 13.8 Å². The number of carbonyl (C=O) groups excluding carboxylic acids is 1. The normalized spacial score (nSPS) is 20.2. The quantitative estimate of drug-likeness (QED) is 0.531. The number of allylic oxidation sites excluding steroid dienone is 2. The molecule has 0 bridgehead atoms. The third-order valence-corrected chi connectivity index (χ3v) is 1.82. The molecular weight excluding hydrogens is 156 g/mol. The summed E-state index contributed by atoms with van der Waals surface area (Å²) in [6.45, 7) is 6.31. The summed E-state index contributed by atoms with van der Waals surface area (Å²) in [5.41, 5.74) is 1.43. The van der Waals surface area contributed by atoms with E-state index in [-0.39, 0.29) is 22.2 Å². The van der Waals surface area contributed by atoms with Crippen molar-refractivity contribution in [2.45, 2.75) is 33.6 Å². The monoisotopic (exact) mass is 174 g/mol. The Morgan fingerprint density at radius 1 is 1.25 bits per heavy atom. The van der Waals surface area contributed by atoms with E-state index in [9.17, 15) is 4.79 Å². The summed E-state index contributed by atoms with van der Waals surface area (Å²) >= 11 is 0. The van der Waals surface area contributed by atoms with Gasteiger partial charge in [0.2, 0.25) is 0 Å². The lowest BCUT2D eigenvalue weighted by atomic mass is 9.77. The Morgan fingerprint density at radius 2 is 1.75 bits per heavy atom. The molecule has 4 N–H and O–H groups in total. The molecule has 72 valence electrons. The van der Waals surface area contributed by atoms with Crippen molar-refractivity contribution in [1.82, 2.24) is 0 Å². The lowest BCUT2D eigenvalue weighted by Crippen LogP contribution is -2.20. The Balaban J connectivity index is 0. The predicted octanol–water partition coefficient (Wildman–Crippen LogP) is 0.672. The zero-order valence-electron chi connectivity index (χ0n) is 7.90. The largest absolute Gasteiger partial charge is 0.412 e. The molecule has 0 aliphatic heterocycles. The molecule has 0 aromatic rings. The van der Waals surface area contributed by atoms with E-state index >= 15 is 0 Å². The number of hydrogen-bond acceptors (Lipinski definition) is 1. The second kappa shape index (κ2) is 4.38. The highest BCUT2D eigenvalue weighted by atomic mass is 16.1. The van der Waals surface area contributed by atoms with Crippen LogP contribution >= 0.6 is 0 Å². The van der Waals surface area contributed by atoms with Gasteiger partial charge in [-0.05, 0) is 24.8 Å². The second-order valence-electron chi connectivity index (χ2n) is 3.97. The molecule has 0 unspecified atom stereocenters. The molecule has 0 saturated carbocycles. The van der Waals surface area contributed by atoms with Crippen molar-refractivity contribution in [3.63, 3.8) is 0 Å². The number of carbonyl (C=O) groups is 1. The Kier molecular flexibility index (Phi) is 5.07. The van der Waals surface area contributed by atoms with E-state index in [1.165, 1.54) is 5.57 Å². The van der Waals surface area contributed by atoms with Crippen LogP contribution in [0, 0.1) is 5.41 Å². The molecule has 0 radical (unpaired) electrons. The summed E-state index contributed by atoms with van der Waals surface area (Å²) in [5.74, 6) is 0.286. The van der Waals surface area contributed by atoms with Crippen LogP contribution in [0.1, 0.15) is 33.6 Å². The van der Waals surface area contributed by atoms with Gasteiger partial charge in [0.05, 0.1) is 0 Å². The minimum atomic E-state index is 0. The molecule has 3 nitrogen and oxygen atoms in total. The second-order valence-corrected chi connectivity index (χ2v) is 3.97. The Morgan fingerprint density at radius 3 is 2.08 bits per heavy atom. The van der Waals surface area contributed by atoms with Gasteiger partial charge in [-0.25, -0.2) is 0 Å². The van der Waals surface area contributed by atoms with E-state index in [0.29, 0.717) is 6.42 Å². The molecule has 1 aliphatic rings. The highest BCUT2D eigenvalue weighted by molar-refractivity contribution is 5.91. The summed E-state index contributed by atoms with van der Waals surface area (Å²) in [5, 5.41) is 0. The fraction of sp³-hybridized carbons (Fsp3) is 0.667. The van der Waals surface area contributed by atoms with Crippen molar-refractivity contribution in [2.75, 3.05) is 0 Å². The number of rotatable bonds is 0. The lowest BCUT2D eigenvalue weighted by Gasteiger charge is -2.27.